The van der Waals surface area contributed by atoms with Crippen LogP contribution in [-0.4, -0.2) is 57.9 Å². The van der Waals surface area contributed by atoms with Crippen molar-refractivity contribution in [3.05, 3.63) is 40.8 Å². The molecule has 0 spiro atoms. The number of carbonyl (C=O) groups excluding carboxylic acids is 2. The molecular formula is C19H25N2O5+. The van der Waals surface area contributed by atoms with Crippen molar-refractivity contribution in [2.24, 2.45) is 0 Å². The van der Waals surface area contributed by atoms with Crippen LogP contribution in [0.3, 0.4) is 0 Å². The lowest BCUT2D eigenvalue weighted by atomic mass is 9.86. The Balaban J connectivity index is 1.83. The van der Waals surface area contributed by atoms with Crippen LogP contribution < -0.4 is 0 Å². The number of hydrogen-bond acceptors (Lipinski definition) is 5. The molecule has 1 aromatic carbocycles. The standard InChI is InChI=1S/C19H25N2O5/c22-13-16-9-6-11-20(16)17(23)19(10-4-5-12-21(19)25)18(24)26-14-15-7-2-1-3-8-15/h1-3,7-8,16,22H,4-6,9-14H2/q+1. The molecule has 7 heteroatoms. The Hall–Kier alpha value is -2.28. The predicted octanol–water partition coefficient (Wildman–Crippen LogP) is 1.41. The van der Waals surface area contributed by atoms with Crippen LogP contribution in [0.4, 0.5) is 0 Å². The number of rotatable bonds is 5. The third-order valence-corrected chi connectivity index (χ3v) is 5.33. The van der Waals surface area contributed by atoms with Crippen molar-refractivity contribution >= 4 is 11.9 Å². The van der Waals surface area contributed by atoms with Gasteiger partial charge >= 0.3 is 17.4 Å². The van der Waals surface area contributed by atoms with Crippen molar-refractivity contribution in [2.75, 3.05) is 19.7 Å². The van der Waals surface area contributed by atoms with Gasteiger partial charge in [-0.3, -0.25) is 4.79 Å². The SMILES string of the molecule is O=C(OCc1ccccc1)C1(C(=O)N2CCCC2CO)CCCC[N+]1=O. The molecule has 2 unspecified atom stereocenters. The van der Waals surface area contributed by atoms with Crippen molar-refractivity contribution in [1.29, 1.82) is 0 Å². The van der Waals surface area contributed by atoms with Gasteiger partial charge in [0.2, 0.25) is 0 Å². The van der Waals surface area contributed by atoms with Gasteiger partial charge in [0.05, 0.1) is 12.6 Å². The number of esters is 1. The number of nitrogens with zero attached hydrogens (tertiary/aromatic N) is 2. The van der Waals surface area contributed by atoms with Crippen LogP contribution >= 0.6 is 0 Å². The number of ether oxygens (including phenoxy) is 1. The lowest BCUT2D eigenvalue weighted by molar-refractivity contribution is -0.610. The van der Waals surface area contributed by atoms with Gasteiger partial charge in [-0.15, -0.1) is 0 Å². The molecule has 140 valence electrons. The second kappa shape index (κ2) is 7.95. The average molecular weight is 361 g/mol. The molecule has 2 aliphatic heterocycles. The van der Waals surface area contributed by atoms with E-state index in [1.165, 1.54) is 4.90 Å². The molecule has 0 saturated carbocycles. The molecule has 2 aliphatic rings. The topological polar surface area (TPSA) is 86.9 Å². The Labute approximate surface area is 152 Å². The van der Waals surface area contributed by atoms with E-state index in [2.05, 4.69) is 0 Å². The van der Waals surface area contributed by atoms with Crippen LogP contribution in [0.25, 0.3) is 0 Å². The number of carbonyl (C=O) groups is 2. The van der Waals surface area contributed by atoms with Crippen molar-refractivity contribution in [1.82, 2.24) is 4.90 Å². The first kappa shape index (κ1) is 18.5. The second-order valence-electron chi connectivity index (χ2n) is 6.96. The summed E-state index contributed by atoms with van der Waals surface area (Å²) in [6, 6.07) is 8.83. The van der Waals surface area contributed by atoms with Crippen LogP contribution in [-0.2, 0) is 20.9 Å². The smallest absolute Gasteiger partial charge is 0.393 e. The Kier molecular flexibility index (Phi) is 5.66. The molecule has 0 bridgehead atoms. The van der Waals surface area contributed by atoms with Gasteiger partial charge in [-0.05, 0) is 24.8 Å². The fourth-order valence-corrected chi connectivity index (χ4v) is 3.83. The highest BCUT2D eigenvalue weighted by Gasteiger charge is 2.64. The average Bonchev–Trinajstić information content (AvgIpc) is 3.15. The highest BCUT2D eigenvalue weighted by molar-refractivity contribution is 6.06. The molecular weight excluding hydrogens is 336 g/mol. The highest BCUT2D eigenvalue weighted by Crippen LogP contribution is 2.31. The van der Waals surface area contributed by atoms with Crippen LogP contribution in [0, 0.1) is 4.91 Å². The summed E-state index contributed by atoms with van der Waals surface area (Å²) in [5.74, 6) is -1.31. The van der Waals surface area contributed by atoms with E-state index >= 15 is 0 Å². The molecule has 1 N–H and O–H groups in total. The van der Waals surface area contributed by atoms with E-state index in [-0.39, 0.29) is 32.2 Å². The van der Waals surface area contributed by atoms with Gasteiger partial charge < -0.3 is 14.7 Å². The minimum atomic E-state index is -1.83. The molecule has 0 aromatic heterocycles. The van der Waals surface area contributed by atoms with Crippen LogP contribution in [0.1, 0.15) is 37.7 Å². The van der Waals surface area contributed by atoms with Gasteiger partial charge in [0.15, 0.2) is 6.54 Å². The predicted molar refractivity (Wildman–Crippen MR) is 93.1 cm³/mol. The summed E-state index contributed by atoms with van der Waals surface area (Å²) in [4.78, 5) is 40.3. The zero-order valence-electron chi connectivity index (χ0n) is 14.8. The van der Waals surface area contributed by atoms with Crippen LogP contribution in [0.2, 0.25) is 0 Å². The maximum atomic E-state index is 13.2. The summed E-state index contributed by atoms with van der Waals surface area (Å²) in [5.41, 5.74) is -1.03. The third-order valence-electron chi connectivity index (χ3n) is 5.33. The Morgan fingerprint density at radius 2 is 2.00 bits per heavy atom. The number of aliphatic hydroxyl groups excluding tert-OH is 1. The molecule has 2 saturated heterocycles. The van der Waals surface area contributed by atoms with E-state index in [4.69, 9.17) is 4.74 Å². The molecule has 0 radical (unpaired) electrons. The maximum absolute atomic E-state index is 13.2. The normalized spacial score (nSPS) is 26.0. The van der Waals surface area contributed by atoms with Gasteiger partial charge in [-0.25, -0.2) is 4.79 Å². The summed E-state index contributed by atoms with van der Waals surface area (Å²) in [7, 11) is 0. The summed E-state index contributed by atoms with van der Waals surface area (Å²) < 4.78 is 6.00. The van der Waals surface area contributed by atoms with Gasteiger partial charge in [-0.2, -0.15) is 0 Å². The monoisotopic (exact) mass is 361 g/mol. The first-order valence-corrected chi connectivity index (χ1v) is 9.17. The van der Waals surface area contributed by atoms with Crippen molar-refractivity contribution < 1.29 is 24.2 Å². The minimum absolute atomic E-state index is 0.0198. The van der Waals surface area contributed by atoms with E-state index in [9.17, 15) is 19.6 Å². The summed E-state index contributed by atoms with van der Waals surface area (Å²) in [6.07, 6.45) is 2.84. The zero-order valence-corrected chi connectivity index (χ0v) is 14.8. The molecule has 2 atom stereocenters. The summed E-state index contributed by atoms with van der Waals surface area (Å²) in [5, 5.41) is 9.52. The Morgan fingerprint density at radius 1 is 1.23 bits per heavy atom. The number of likely N-dealkylation sites (tertiary alicyclic amines) is 1. The van der Waals surface area contributed by atoms with Crippen molar-refractivity contribution in [3.8, 4) is 0 Å². The second-order valence-corrected chi connectivity index (χ2v) is 6.96. The van der Waals surface area contributed by atoms with E-state index in [0.29, 0.717) is 30.6 Å². The largest absolute Gasteiger partial charge is 0.455 e. The van der Waals surface area contributed by atoms with Gasteiger partial charge in [0.1, 0.15) is 6.61 Å². The number of aliphatic hydroxyl groups is 1. The van der Waals surface area contributed by atoms with Crippen LogP contribution in [0.5, 0.6) is 0 Å². The molecule has 0 aliphatic carbocycles. The van der Waals surface area contributed by atoms with E-state index in [1.807, 2.05) is 30.3 Å². The summed E-state index contributed by atoms with van der Waals surface area (Å²) in [6.45, 7) is 0.432. The molecule has 2 fully saturated rings. The first-order valence-electron chi connectivity index (χ1n) is 9.17. The zero-order chi connectivity index (χ0) is 18.6. The summed E-state index contributed by atoms with van der Waals surface area (Å²) >= 11 is 0. The molecule has 26 heavy (non-hydrogen) atoms. The van der Waals surface area contributed by atoms with Crippen molar-refractivity contribution in [3.63, 3.8) is 0 Å². The Morgan fingerprint density at radius 3 is 2.69 bits per heavy atom. The fraction of sp³-hybridized carbons (Fsp3) is 0.579. The van der Waals surface area contributed by atoms with Gasteiger partial charge in [0.25, 0.3) is 0 Å². The third kappa shape index (κ3) is 3.35. The molecule has 1 amide bonds. The number of piperidine rings is 1. The number of amides is 1. The lowest BCUT2D eigenvalue weighted by Gasteiger charge is -2.31. The maximum Gasteiger partial charge on any atom is 0.393 e. The van der Waals surface area contributed by atoms with Crippen LogP contribution in [0.15, 0.2) is 30.3 Å². The Bertz CT molecular complexity index is 678. The van der Waals surface area contributed by atoms with E-state index in [1.54, 1.807) is 0 Å². The fourth-order valence-electron chi connectivity index (χ4n) is 3.83. The van der Waals surface area contributed by atoms with Gasteiger partial charge in [-0.1, -0.05) is 30.3 Å². The molecule has 1 aromatic rings. The molecule has 3 rings (SSSR count). The molecule has 7 nitrogen and oxygen atoms in total. The number of hydrogen-bond donors (Lipinski definition) is 1. The van der Waals surface area contributed by atoms with E-state index < -0.39 is 17.4 Å². The van der Waals surface area contributed by atoms with Gasteiger partial charge in [0, 0.05) is 29.1 Å². The lowest BCUT2D eigenvalue weighted by Crippen LogP contribution is -2.63. The first-order chi connectivity index (χ1) is 12.6. The quantitative estimate of drug-likeness (QED) is 0.487. The number of nitroso groups, excluding NO2 is 1. The van der Waals surface area contributed by atoms with Crippen molar-refractivity contribution in [2.45, 2.75) is 50.3 Å². The van der Waals surface area contributed by atoms with E-state index in [0.717, 1.165) is 12.0 Å². The minimum Gasteiger partial charge on any atom is -0.455 e. The highest BCUT2D eigenvalue weighted by atomic mass is 16.5. The number of benzene rings is 1. The molecule has 2 heterocycles.